The molecule has 0 amide bonds. The van der Waals surface area contributed by atoms with Crippen molar-refractivity contribution in [2.75, 3.05) is 0 Å². The first-order valence-corrected chi connectivity index (χ1v) is 17.3. The first-order chi connectivity index (χ1) is 16.3. The lowest BCUT2D eigenvalue weighted by Crippen LogP contribution is -1.82. The van der Waals surface area contributed by atoms with Crippen LogP contribution in [0.2, 0.25) is 0 Å². The van der Waals surface area contributed by atoms with Gasteiger partial charge < -0.3 is 0 Å². The summed E-state index contributed by atoms with van der Waals surface area (Å²) < 4.78 is 4.17. The predicted molar refractivity (Wildman–Crippen MR) is 171 cm³/mol. The van der Waals surface area contributed by atoms with E-state index in [2.05, 4.69) is 78.0 Å². The second kappa shape index (κ2) is 10.7. The molecule has 5 rings (SSSR count). The van der Waals surface area contributed by atoms with Crippen LogP contribution in [0, 0.1) is 0 Å². The van der Waals surface area contributed by atoms with E-state index in [0.29, 0.717) is 0 Å². The second-order valence-corrected chi connectivity index (χ2v) is 18.4. The molecule has 2 aromatic heterocycles. The predicted octanol–water partition coefficient (Wildman–Crippen LogP) is 12.3. The van der Waals surface area contributed by atoms with Crippen LogP contribution in [0.5, 0.6) is 0 Å². The maximum atomic E-state index is 2.35. The highest BCUT2D eigenvalue weighted by molar-refractivity contribution is 8.29. The third-order valence-corrected chi connectivity index (χ3v) is 15.2. The van der Waals surface area contributed by atoms with Crippen LogP contribution in [0.25, 0.3) is 17.7 Å². The molecular formula is C26H24S8. The Morgan fingerprint density at radius 3 is 1.24 bits per heavy atom. The number of hydrogen-bond donors (Lipinski definition) is 0. The highest BCUT2D eigenvalue weighted by Gasteiger charge is 2.23. The largest absolute Gasteiger partial charge is 0.136 e. The summed E-state index contributed by atoms with van der Waals surface area (Å²) in [7, 11) is 0. The molecule has 8 heteroatoms. The van der Waals surface area contributed by atoms with E-state index in [1.165, 1.54) is 67.2 Å². The molecule has 0 aromatic carbocycles. The Hall–Kier alpha value is -0.0600. The maximum Gasteiger partial charge on any atom is 0.0593 e. The summed E-state index contributed by atoms with van der Waals surface area (Å²) in [6.45, 7) is 13.3. The summed E-state index contributed by atoms with van der Waals surface area (Å²) in [6.07, 6.45) is 4.71. The quantitative estimate of drug-likeness (QED) is 0.344. The molecule has 0 N–H and O–H groups in total. The number of hydrogen-bond acceptors (Lipinski definition) is 8. The van der Waals surface area contributed by atoms with E-state index >= 15 is 0 Å². The summed E-state index contributed by atoms with van der Waals surface area (Å²) in [5, 5.41) is 0. The van der Waals surface area contributed by atoms with Crippen molar-refractivity contribution in [1.82, 2.24) is 0 Å². The Morgan fingerprint density at radius 1 is 0.500 bits per heavy atom. The van der Waals surface area contributed by atoms with E-state index in [9.17, 15) is 0 Å². The minimum atomic E-state index is 1.33. The van der Waals surface area contributed by atoms with Crippen molar-refractivity contribution in [1.29, 1.82) is 0 Å². The highest BCUT2D eigenvalue weighted by atomic mass is 32.2. The van der Waals surface area contributed by atoms with E-state index in [4.69, 9.17) is 0 Å². The molecule has 0 spiro atoms. The zero-order valence-corrected chi connectivity index (χ0v) is 26.3. The van der Waals surface area contributed by atoms with Crippen molar-refractivity contribution in [2.24, 2.45) is 0 Å². The standard InChI is InChI=1S/C26H24S8/c1-13-14(2)28-23(27-13)11-19-7-9-21(33-19)25(26-31-17(5)18(6)32-26)22-10-8-20(34-22)12-24-29-15(3)16(4)30-24/h7-12H,1-6H3. The van der Waals surface area contributed by atoms with Gasteiger partial charge in [0.1, 0.15) is 0 Å². The Morgan fingerprint density at radius 2 is 0.853 bits per heavy atom. The van der Waals surface area contributed by atoms with Gasteiger partial charge in [-0.05, 0) is 107 Å². The van der Waals surface area contributed by atoms with Crippen LogP contribution in [-0.4, -0.2) is 0 Å². The van der Waals surface area contributed by atoms with Crippen molar-refractivity contribution in [3.63, 3.8) is 0 Å². The zero-order valence-electron chi connectivity index (χ0n) is 19.7. The van der Waals surface area contributed by atoms with E-state index in [-0.39, 0.29) is 0 Å². The summed E-state index contributed by atoms with van der Waals surface area (Å²) >= 11 is 15.3. The van der Waals surface area contributed by atoms with Crippen LogP contribution in [0.15, 0.2) is 66.4 Å². The maximum absolute atomic E-state index is 2.35. The third kappa shape index (κ3) is 5.59. The molecule has 176 valence electrons. The van der Waals surface area contributed by atoms with Crippen molar-refractivity contribution < 1.29 is 0 Å². The average Bonchev–Trinajstić information content (AvgIpc) is 3.58. The number of thioether (sulfide) groups is 6. The molecule has 0 fully saturated rings. The van der Waals surface area contributed by atoms with Gasteiger partial charge in [-0.15, -0.1) is 22.7 Å². The fraction of sp³-hybridized carbons (Fsp3) is 0.231. The summed E-state index contributed by atoms with van der Waals surface area (Å²) in [4.78, 5) is 13.9. The molecule has 0 saturated carbocycles. The molecule has 3 aliphatic heterocycles. The molecule has 0 aliphatic carbocycles. The minimum Gasteiger partial charge on any atom is -0.136 e. The van der Waals surface area contributed by atoms with Crippen LogP contribution in [0.3, 0.4) is 0 Å². The van der Waals surface area contributed by atoms with Gasteiger partial charge >= 0.3 is 0 Å². The van der Waals surface area contributed by atoms with Crippen LogP contribution in [-0.2, 0) is 0 Å². The number of thiophene rings is 2. The smallest absolute Gasteiger partial charge is 0.0593 e. The van der Waals surface area contributed by atoms with E-state index in [1.54, 1.807) is 0 Å². The minimum absolute atomic E-state index is 1.33. The van der Waals surface area contributed by atoms with Gasteiger partial charge in [-0.25, -0.2) is 0 Å². The Kier molecular flexibility index (Phi) is 8.08. The number of rotatable bonds is 4. The van der Waals surface area contributed by atoms with Gasteiger partial charge in [0.15, 0.2) is 0 Å². The van der Waals surface area contributed by atoms with Crippen LogP contribution in [0.4, 0.5) is 0 Å². The van der Waals surface area contributed by atoms with Crippen LogP contribution < -0.4 is 0 Å². The molecular weight excluding hydrogens is 569 g/mol. The summed E-state index contributed by atoms with van der Waals surface area (Å²) in [5.41, 5.74) is 1.39. The zero-order chi connectivity index (χ0) is 24.0. The normalized spacial score (nSPS) is 18.8. The molecule has 0 bridgehead atoms. The Labute approximate surface area is 236 Å². The van der Waals surface area contributed by atoms with Gasteiger partial charge in [0, 0.05) is 25.1 Å². The molecule has 3 aliphatic rings. The van der Waals surface area contributed by atoms with Gasteiger partial charge in [-0.3, -0.25) is 0 Å². The van der Waals surface area contributed by atoms with E-state index in [1.807, 2.05) is 93.2 Å². The van der Waals surface area contributed by atoms with Crippen molar-refractivity contribution in [3.8, 4) is 0 Å². The molecule has 0 saturated heterocycles. The first-order valence-electron chi connectivity index (χ1n) is 10.7. The number of allylic oxidation sites excluding steroid dienone is 6. The third-order valence-electron chi connectivity index (χ3n) is 5.46. The monoisotopic (exact) mass is 592 g/mol. The Balaban J connectivity index is 1.47. The fourth-order valence-electron chi connectivity index (χ4n) is 3.28. The van der Waals surface area contributed by atoms with Crippen molar-refractivity contribution >= 4 is 111 Å². The molecule has 0 nitrogen and oxygen atoms in total. The van der Waals surface area contributed by atoms with Gasteiger partial charge in [-0.1, -0.05) is 70.6 Å². The Bertz CT molecular complexity index is 1220. The molecule has 5 heterocycles. The van der Waals surface area contributed by atoms with Crippen molar-refractivity contribution in [3.05, 3.63) is 85.9 Å². The SMILES string of the molecule is CC1=C(C)SC(=Cc2ccc(C(=C3SC(C)=C(C)S3)c3ccc(C=C4SC(C)=C(C)S4)s3)s2)S1. The van der Waals surface area contributed by atoms with Gasteiger partial charge in [0.25, 0.3) is 0 Å². The molecule has 0 radical (unpaired) electrons. The average molecular weight is 593 g/mol. The van der Waals surface area contributed by atoms with E-state index < -0.39 is 0 Å². The van der Waals surface area contributed by atoms with E-state index in [0.717, 1.165) is 0 Å². The molecule has 2 aromatic rings. The molecule has 0 unspecified atom stereocenters. The fourth-order valence-corrected chi connectivity index (χ4v) is 13.4. The topological polar surface area (TPSA) is 0 Å². The highest BCUT2D eigenvalue weighted by Crippen LogP contribution is 2.55. The summed E-state index contributed by atoms with van der Waals surface area (Å²) in [6, 6.07) is 9.21. The second-order valence-electron chi connectivity index (χ2n) is 7.94. The lowest BCUT2D eigenvalue weighted by atomic mass is 10.2. The lowest BCUT2D eigenvalue weighted by Gasteiger charge is -2.07. The molecule has 0 atom stereocenters. The van der Waals surface area contributed by atoms with Crippen molar-refractivity contribution in [2.45, 2.75) is 41.5 Å². The summed E-state index contributed by atoms with van der Waals surface area (Å²) in [5.74, 6) is 0. The van der Waals surface area contributed by atoms with Gasteiger partial charge in [-0.2, -0.15) is 0 Å². The molecule has 34 heavy (non-hydrogen) atoms. The first kappa shape index (κ1) is 25.6. The van der Waals surface area contributed by atoms with Crippen LogP contribution >= 0.6 is 93.2 Å². The van der Waals surface area contributed by atoms with Crippen LogP contribution in [0.1, 0.15) is 61.1 Å². The lowest BCUT2D eigenvalue weighted by molar-refractivity contribution is 1.57. The van der Waals surface area contributed by atoms with Gasteiger partial charge in [0.2, 0.25) is 0 Å². The van der Waals surface area contributed by atoms with Gasteiger partial charge in [0.05, 0.1) is 12.7 Å².